The number of piperazine rings is 1. The molecule has 3 rings (SSSR count). The van der Waals surface area contributed by atoms with Gasteiger partial charge in [-0.1, -0.05) is 18.6 Å². The highest BCUT2D eigenvalue weighted by Gasteiger charge is 2.17. The Labute approximate surface area is 169 Å². The molecule has 2 heterocycles. The highest BCUT2D eigenvalue weighted by molar-refractivity contribution is 5.98. The van der Waals surface area contributed by atoms with Crippen LogP contribution >= 0.6 is 0 Å². The van der Waals surface area contributed by atoms with E-state index in [1.54, 1.807) is 0 Å². The molecule has 1 aromatic carbocycles. The molecule has 0 saturated carbocycles. The third kappa shape index (κ3) is 4.83. The summed E-state index contributed by atoms with van der Waals surface area (Å²) in [7, 11) is 0. The van der Waals surface area contributed by atoms with Gasteiger partial charge in [-0.15, -0.1) is 0 Å². The summed E-state index contributed by atoms with van der Waals surface area (Å²) >= 11 is 0. The summed E-state index contributed by atoms with van der Waals surface area (Å²) in [4.78, 5) is 17.9. The van der Waals surface area contributed by atoms with Crippen molar-refractivity contribution in [3.63, 3.8) is 0 Å². The summed E-state index contributed by atoms with van der Waals surface area (Å²) in [6, 6.07) is 10.3. The van der Waals surface area contributed by atoms with Gasteiger partial charge in [0.1, 0.15) is 0 Å². The first-order chi connectivity index (χ1) is 13.5. The van der Waals surface area contributed by atoms with Crippen LogP contribution in [0.1, 0.15) is 40.7 Å². The first kappa shape index (κ1) is 20.6. The number of nitrogens with zero attached hydrogens (tertiary/aromatic N) is 3. The van der Waals surface area contributed by atoms with Crippen LogP contribution in [0.5, 0.6) is 0 Å². The van der Waals surface area contributed by atoms with E-state index in [4.69, 9.17) is 0 Å². The van der Waals surface area contributed by atoms with Gasteiger partial charge in [0.15, 0.2) is 0 Å². The second-order valence-corrected chi connectivity index (χ2v) is 7.86. The fourth-order valence-electron chi connectivity index (χ4n) is 4.00. The van der Waals surface area contributed by atoms with Crippen LogP contribution < -0.4 is 5.32 Å². The molecule has 1 aliphatic rings. The summed E-state index contributed by atoms with van der Waals surface area (Å²) in [6.07, 6.45) is 0.987. The van der Waals surface area contributed by atoms with Gasteiger partial charge < -0.3 is 19.7 Å². The molecule has 0 spiro atoms. The van der Waals surface area contributed by atoms with E-state index in [-0.39, 0.29) is 5.91 Å². The molecule has 0 unspecified atom stereocenters. The molecule has 28 heavy (non-hydrogen) atoms. The lowest BCUT2D eigenvalue weighted by molar-refractivity contribution is 0.0948. The molecule has 2 aromatic rings. The molecule has 1 fully saturated rings. The van der Waals surface area contributed by atoms with Crippen LogP contribution in [0, 0.1) is 20.8 Å². The van der Waals surface area contributed by atoms with Gasteiger partial charge in [0.05, 0.1) is 11.3 Å². The van der Waals surface area contributed by atoms with Crippen LogP contribution in [0.3, 0.4) is 0 Å². The molecule has 1 saturated heterocycles. The van der Waals surface area contributed by atoms with Crippen molar-refractivity contribution in [2.24, 2.45) is 0 Å². The third-order valence-corrected chi connectivity index (χ3v) is 5.76. The van der Waals surface area contributed by atoms with Crippen LogP contribution in [0.25, 0.3) is 5.69 Å². The van der Waals surface area contributed by atoms with Gasteiger partial charge in [0.25, 0.3) is 5.91 Å². The van der Waals surface area contributed by atoms with Gasteiger partial charge in [-0.2, -0.15) is 0 Å². The van der Waals surface area contributed by atoms with Crippen molar-refractivity contribution >= 4 is 5.91 Å². The number of likely N-dealkylation sites (N-methyl/N-ethyl adjacent to an activating group) is 1. The minimum absolute atomic E-state index is 0.0157. The number of hydrogen-bond acceptors (Lipinski definition) is 3. The third-order valence-electron chi connectivity index (χ3n) is 5.76. The lowest BCUT2D eigenvalue weighted by Crippen LogP contribution is -2.46. The Morgan fingerprint density at radius 1 is 0.964 bits per heavy atom. The van der Waals surface area contributed by atoms with Crippen LogP contribution in [0.15, 0.2) is 30.3 Å². The number of carbonyl (C=O) groups is 1. The number of aryl methyl sites for hydroxylation is 3. The van der Waals surface area contributed by atoms with Gasteiger partial charge in [-0.25, -0.2) is 0 Å². The van der Waals surface area contributed by atoms with Crippen molar-refractivity contribution in [1.29, 1.82) is 0 Å². The number of benzene rings is 1. The maximum atomic E-state index is 12.9. The Bertz CT molecular complexity index is 783. The fourth-order valence-corrected chi connectivity index (χ4v) is 4.00. The second-order valence-electron chi connectivity index (χ2n) is 7.86. The smallest absolute Gasteiger partial charge is 0.253 e. The first-order valence-electron chi connectivity index (χ1n) is 10.5. The van der Waals surface area contributed by atoms with E-state index in [9.17, 15) is 4.79 Å². The lowest BCUT2D eigenvalue weighted by Gasteiger charge is -2.33. The van der Waals surface area contributed by atoms with Crippen molar-refractivity contribution in [3.8, 4) is 5.69 Å². The summed E-state index contributed by atoms with van der Waals surface area (Å²) in [5.41, 5.74) is 5.09. The van der Waals surface area contributed by atoms with Crippen LogP contribution in [0.2, 0.25) is 0 Å². The van der Waals surface area contributed by atoms with Crippen molar-refractivity contribution in [3.05, 3.63) is 52.8 Å². The van der Waals surface area contributed by atoms with Crippen LogP contribution in [-0.2, 0) is 0 Å². The van der Waals surface area contributed by atoms with E-state index < -0.39 is 0 Å². The molecular weight excluding hydrogens is 348 g/mol. The molecule has 1 amide bonds. The average Bonchev–Trinajstić information content (AvgIpc) is 3.03. The molecule has 5 heteroatoms. The molecule has 1 aromatic heterocycles. The zero-order valence-corrected chi connectivity index (χ0v) is 17.8. The molecule has 1 aliphatic heterocycles. The molecule has 0 bridgehead atoms. The van der Waals surface area contributed by atoms with E-state index in [0.717, 1.165) is 73.9 Å². The second kappa shape index (κ2) is 9.39. The van der Waals surface area contributed by atoms with Gasteiger partial charge in [-0.3, -0.25) is 4.79 Å². The van der Waals surface area contributed by atoms with Crippen LogP contribution in [0.4, 0.5) is 0 Å². The number of nitrogens with one attached hydrogen (secondary N) is 1. The summed E-state index contributed by atoms with van der Waals surface area (Å²) in [5.74, 6) is 0.0157. The molecule has 0 atom stereocenters. The maximum absolute atomic E-state index is 12.9. The summed E-state index contributed by atoms with van der Waals surface area (Å²) < 4.78 is 2.15. The van der Waals surface area contributed by atoms with Crippen molar-refractivity contribution in [2.75, 3.05) is 45.8 Å². The Hall–Kier alpha value is -2.11. The van der Waals surface area contributed by atoms with Gasteiger partial charge >= 0.3 is 0 Å². The maximum Gasteiger partial charge on any atom is 0.253 e. The van der Waals surface area contributed by atoms with Crippen molar-refractivity contribution in [2.45, 2.75) is 34.1 Å². The number of aromatic nitrogens is 1. The molecular formula is C23H34N4O. The van der Waals surface area contributed by atoms with E-state index in [1.807, 2.05) is 13.0 Å². The molecule has 152 valence electrons. The van der Waals surface area contributed by atoms with E-state index in [2.05, 4.69) is 64.7 Å². The van der Waals surface area contributed by atoms with Crippen LogP contribution in [-0.4, -0.2) is 66.1 Å². The number of amides is 1. The minimum Gasteiger partial charge on any atom is -0.352 e. The van der Waals surface area contributed by atoms with E-state index in [1.165, 1.54) is 0 Å². The number of rotatable bonds is 7. The van der Waals surface area contributed by atoms with Crippen molar-refractivity contribution < 1.29 is 4.79 Å². The Balaban J connectivity index is 1.58. The van der Waals surface area contributed by atoms with Gasteiger partial charge in [0, 0.05) is 44.1 Å². The highest BCUT2D eigenvalue weighted by atomic mass is 16.1. The SMILES string of the molecule is CCN1CCN(CCCNC(=O)c2cc(C)ccc2-n2c(C)ccc2C)CC1. The first-order valence-corrected chi connectivity index (χ1v) is 10.5. The Morgan fingerprint density at radius 3 is 2.25 bits per heavy atom. The van der Waals surface area contributed by atoms with Gasteiger partial charge in [-0.05, 0) is 64.5 Å². The number of hydrogen-bond donors (Lipinski definition) is 1. The molecule has 1 N–H and O–H groups in total. The lowest BCUT2D eigenvalue weighted by atomic mass is 10.1. The standard InChI is InChI=1S/C23H34N4O/c1-5-25-13-15-26(16-14-25)12-6-11-24-23(28)21-17-18(2)7-10-22(21)27-19(3)8-9-20(27)4/h7-10,17H,5-6,11-16H2,1-4H3,(H,24,28). The summed E-state index contributed by atoms with van der Waals surface area (Å²) in [6.45, 7) is 15.9. The average molecular weight is 383 g/mol. The van der Waals surface area contributed by atoms with Crippen molar-refractivity contribution in [1.82, 2.24) is 19.7 Å². The highest BCUT2D eigenvalue weighted by Crippen LogP contribution is 2.21. The molecule has 0 radical (unpaired) electrons. The number of carbonyl (C=O) groups excluding carboxylic acids is 1. The quantitative estimate of drug-likeness (QED) is 0.748. The zero-order chi connectivity index (χ0) is 20.1. The predicted molar refractivity (Wildman–Crippen MR) is 115 cm³/mol. The molecule has 5 nitrogen and oxygen atoms in total. The minimum atomic E-state index is 0.0157. The molecule has 0 aliphatic carbocycles. The Kier molecular flexibility index (Phi) is 6.92. The topological polar surface area (TPSA) is 40.5 Å². The largest absolute Gasteiger partial charge is 0.352 e. The van der Waals surface area contributed by atoms with E-state index >= 15 is 0 Å². The Morgan fingerprint density at radius 2 is 1.61 bits per heavy atom. The van der Waals surface area contributed by atoms with E-state index in [0.29, 0.717) is 6.54 Å². The monoisotopic (exact) mass is 382 g/mol. The fraction of sp³-hybridized carbons (Fsp3) is 0.522. The summed E-state index contributed by atoms with van der Waals surface area (Å²) in [5, 5.41) is 3.14. The van der Waals surface area contributed by atoms with Gasteiger partial charge in [0.2, 0.25) is 0 Å². The normalized spacial score (nSPS) is 15.7. The predicted octanol–water partition coefficient (Wildman–Crippen LogP) is 3.16. The zero-order valence-electron chi connectivity index (χ0n) is 17.8.